The minimum Gasteiger partial charge on any atom is -0.465 e. The van der Waals surface area contributed by atoms with Crippen molar-refractivity contribution >= 4 is 0 Å². The summed E-state index contributed by atoms with van der Waals surface area (Å²) in [4.78, 5) is 11.5. The van der Waals surface area contributed by atoms with Gasteiger partial charge in [-0.3, -0.25) is 4.79 Å². The molecule has 76 valence electrons. The smallest absolute Gasteiger partial charge is 0.227 e. The van der Waals surface area contributed by atoms with Crippen molar-refractivity contribution in [3.8, 4) is 11.5 Å². The molecule has 15 heavy (non-hydrogen) atoms. The minimum absolute atomic E-state index is 0.178. The van der Waals surface area contributed by atoms with Crippen molar-refractivity contribution in [3.05, 3.63) is 58.6 Å². The Hall–Kier alpha value is -2.03. The van der Waals surface area contributed by atoms with Gasteiger partial charge in [-0.1, -0.05) is 18.2 Å². The predicted molar refractivity (Wildman–Crippen MR) is 56.2 cm³/mol. The van der Waals surface area contributed by atoms with Crippen LogP contribution in [0.15, 0.2) is 51.9 Å². The molecule has 0 bridgehead atoms. The predicted octanol–water partition coefficient (Wildman–Crippen LogP) is 2.74. The first-order chi connectivity index (χ1) is 7.27. The normalized spacial score (nSPS) is 9.93. The highest BCUT2D eigenvalue weighted by molar-refractivity contribution is 5.31. The molecule has 0 atom stereocenters. The van der Waals surface area contributed by atoms with Crippen LogP contribution in [0.1, 0.15) is 5.76 Å². The zero-order valence-electron chi connectivity index (χ0n) is 8.27. The fourth-order valence-electron chi connectivity index (χ4n) is 1.23. The lowest BCUT2D eigenvalue weighted by Crippen LogP contribution is -2.04. The minimum atomic E-state index is -0.178. The van der Waals surface area contributed by atoms with Gasteiger partial charge in [0.2, 0.25) is 11.2 Å². The Labute approximate surface area is 86.9 Å². The third-order valence-corrected chi connectivity index (χ3v) is 1.97. The van der Waals surface area contributed by atoms with Gasteiger partial charge in [-0.25, -0.2) is 0 Å². The molecule has 0 aliphatic rings. The summed E-state index contributed by atoms with van der Waals surface area (Å²) in [7, 11) is 0. The highest BCUT2D eigenvalue weighted by Crippen LogP contribution is 2.20. The average Bonchev–Trinajstić information content (AvgIpc) is 2.25. The third kappa shape index (κ3) is 2.07. The van der Waals surface area contributed by atoms with Crippen LogP contribution >= 0.6 is 0 Å². The number of hydrogen-bond acceptors (Lipinski definition) is 3. The maximum absolute atomic E-state index is 11.5. The lowest BCUT2D eigenvalue weighted by atomic mass is 10.3. The van der Waals surface area contributed by atoms with Crippen molar-refractivity contribution in [3.63, 3.8) is 0 Å². The van der Waals surface area contributed by atoms with E-state index in [0.717, 1.165) is 0 Å². The molecule has 0 aliphatic carbocycles. The summed E-state index contributed by atoms with van der Waals surface area (Å²) in [5.41, 5.74) is -0.178. The van der Waals surface area contributed by atoms with Gasteiger partial charge in [0.25, 0.3) is 0 Å². The van der Waals surface area contributed by atoms with E-state index in [4.69, 9.17) is 9.15 Å². The number of para-hydroxylation sites is 1. The summed E-state index contributed by atoms with van der Waals surface area (Å²) >= 11 is 0. The van der Waals surface area contributed by atoms with E-state index >= 15 is 0 Å². The SMILES string of the molecule is Cc1occc(=O)c1Oc1ccccc1. The molecule has 0 saturated carbocycles. The molecule has 0 spiro atoms. The zero-order chi connectivity index (χ0) is 10.7. The third-order valence-electron chi connectivity index (χ3n) is 1.97. The quantitative estimate of drug-likeness (QED) is 0.751. The molecule has 3 nitrogen and oxygen atoms in total. The summed E-state index contributed by atoms with van der Waals surface area (Å²) in [5, 5.41) is 0. The van der Waals surface area contributed by atoms with Crippen molar-refractivity contribution in [1.29, 1.82) is 0 Å². The van der Waals surface area contributed by atoms with Crippen molar-refractivity contribution < 1.29 is 9.15 Å². The van der Waals surface area contributed by atoms with Gasteiger partial charge in [-0.05, 0) is 19.1 Å². The standard InChI is InChI=1S/C12H10O3/c1-9-12(11(13)7-8-14-9)15-10-5-3-2-4-6-10/h2-8H,1H3. The largest absolute Gasteiger partial charge is 0.465 e. The fourth-order valence-corrected chi connectivity index (χ4v) is 1.23. The first kappa shape index (κ1) is 9.52. The molecule has 2 rings (SSSR count). The van der Waals surface area contributed by atoms with Crippen LogP contribution in [0.2, 0.25) is 0 Å². The van der Waals surface area contributed by atoms with Crippen LogP contribution in [0.4, 0.5) is 0 Å². The van der Waals surface area contributed by atoms with Crippen LogP contribution in [-0.2, 0) is 0 Å². The molecule has 0 N–H and O–H groups in total. The Balaban J connectivity index is 2.37. The van der Waals surface area contributed by atoms with E-state index < -0.39 is 0 Å². The van der Waals surface area contributed by atoms with Gasteiger partial charge in [0.15, 0.2) is 0 Å². The van der Waals surface area contributed by atoms with Crippen molar-refractivity contribution in [2.24, 2.45) is 0 Å². The van der Waals surface area contributed by atoms with Gasteiger partial charge in [0.05, 0.1) is 6.26 Å². The Bertz CT molecular complexity index is 500. The van der Waals surface area contributed by atoms with Crippen LogP contribution < -0.4 is 10.2 Å². The van der Waals surface area contributed by atoms with Gasteiger partial charge in [-0.2, -0.15) is 0 Å². The molecule has 1 aromatic carbocycles. The van der Waals surface area contributed by atoms with Crippen LogP contribution in [-0.4, -0.2) is 0 Å². The van der Waals surface area contributed by atoms with E-state index in [9.17, 15) is 4.79 Å². The highest BCUT2D eigenvalue weighted by Gasteiger charge is 2.06. The first-order valence-electron chi connectivity index (χ1n) is 4.58. The van der Waals surface area contributed by atoms with E-state index in [1.807, 2.05) is 18.2 Å². The highest BCUT2D eigenvalue weighted by atomic mass is 16.5. The Morgan fingerprint density at radius 2 is 1.87 bits per heavy atom. The van der Waals surface area contributed by atoms with E-state index in [-0.39, 0.29) is 11.2 Å². The number of benzene rings is 1. The van der Waals surface area contributed by atoms with Crippen LogP contribution in [0.25, 0.3) is 0 Å². The van der Waals surface area contributed by atoms with E-state index in [1.54, 1.807) is 19.1 Å². The second kappa shape index (κ2) is 4.00. The summed E-state index contributed by atoms with van der Waals surface area (Å²) in [6, 6.07) is 10.5. The van der Waals surface area contributed by atoms with Crippen LogP contribution in [0, 0.1) is 6.92 Å². The molecular weight excluding hydrogens is 192 g/mol. The van der Waals surface area contributed by atoms with Crippen molar-refractivity contribution in [2.45, 2.75) is 6.92 Å². The van der Waals surface area contributed by atoms with Gasteiger partial charge in [0.1, 0.15) is 11.5 Å². The van der Waals surface area contributed by atoms with Gasteiger partial charge in [-0.15, -0.1) is 0 Å². The summed E-state index contributed by atoms with van der Waals surface area (Å²) in [5.74, 6) is 1.34. The molecule has 0 radical (unpaired) electrons. The second-order valence-electron chi connectivity index (χ2n) is 3.09. The van der Waals surface area contributed by atoms with Gasteiger partial charge in [0, 0.05) is 6.07 Å². The fraction of sp³-hybridized carbons (Fsp3) is 0.0833. The zero-order valence-corrected chi connectivity index (χ0v) is 8.27. The monoisotopic (exact) mass is 202 g/mol. The molecule has 0 fully saturated rings. The van der Waals surface area contributed by atoms with Crippen LogP contribution in [0.3, 0.4) is 0 Å². The van der Waals surface area contributed by atoms with E-state index in [0.29, 0.717) is 11.5 Å². The number of aryl methyl sites for hydroxylation is 1. The maximum Gasteiger partial charge on any atom is 0.227 e. The topological polar surface area (TPSA) is 39.4 Å². The number of ether oxygens (including phenoxy) is 1. The Morgan fingerprint density at radius 1 is 1.13 bits per heavy atom. The number of hydrogen-bond donors (Lipinski definition) is 0. The van der Waals surface area contributed by atoms with E-state index in [1.165, 1.54) is 12.3 Å². The molecule has 1 heterocycles. The molecule has 2 aromatic rings. The molecule has 0 saturated heterocycles. The lowest BCUT2D eigenvalue weighted by Gasteiger charge is -2.05. The summed E-state index contributed by atoms with van der Waals surface area (Å²) in [6.07, 6.45) is 1.36. The molecule has 3 heteroatoms. The van der Waals surface area contributed by atoms with Gasteiger partial charge >= 0.3 is 0 Å². The molecule has 0 aliphatic heterocycles. The number of rotatable bonds is 2. The summed E-state index contributed by atoms with van der Waals surface area (Å²) < 4.78 is 10.5. The molecule has 0 amide bonds. The van der Waals surface area contributed by atoms with E-state index in [2.05, 4.69) is 0 Å². The Kier molecular flexibility index (Phi) is 2.54. The lowest BCUT2D eigenvalue weighted by molar-refractivity contribution is 0.420. The van der Waals surface area contributed by atoms with Crippen LogP contribution in [0.5, 0.6) is 11.5 Å². The van der Waals surface area contributed by atoms with Crippen molar-refractivity contribution in [1.82, 2.24) is 0 Å². The molecule has 0 unspecified atom stereocenters. The molecule has 1 aromatic heterocycles. The average molecular weight is 202 g/mol. The first-order valence-corrected chi connectivity index (χ1v) is 4.58. The maximum atomic E-state index is 11.5. The van der Waals surface area contributed by atoms with Gasteiger partial charge < -0.3 is 9.15 Å². The molecular formula is C12H10O3. The summed E-state index contributed by atoms with van der Waals surface area (Å²) in [6.45, 7) is 1.69. The second-order valence-corrected chi connectivity index (χ2v) is 3.09. The van der Waals surface area contributed by atoms with Crippen molar-refractivity contribution in [2.75, 3.05) is 0 Å². The Morgan fingerprint density at radius 3 is 2.53 bits per heavy atom.